The highest BCUT2D eigenvalue weighted by Crippen LogP contribution is 2.60. The minimum absolute atomic E-state index is 0.0680. The van der Waals surface area contributed by atoms with Gasteiger partial charge in [0, 0.05) is 19.0 Å². The van der Waals surface area contributed by atoms with Gasteiger partial charge in [-0.05, 0) is 83.1 Å². The van der Waals surface area contributed by atoms with E-state index >= 15 is 0 Å². The number of aliphatic hydroxyl groups is 3. The van der Waals surface area contributed by atoms with Gasteiger partial charge >= 0.3 is 33.3 Å². The summed E-state index contributed by atoms with van der Waals surface area (Å²) in [4.78, 5) is 61.9. The zero-order valence-electron chi connectivity index (χ0n) is 42.5. The van der Waals surface area contributed by atoms with Gasteiger partial charge in [-0.2, -0.15) is 9.29 Å². The summed E-state index contributed by atoms with van der Waals surface area (Å²) in [5, 5.41) is 31.3. The molecule has 1 aromatic heterocycles. The molecule has 0 radical (unpaired) electrons. The summed E-state index contributed by atoms with van der Waals surface area (Å²) in [6.45, 7) is 1.78. The van der Waals surface area contributed by atoms with E-state index in [4.69, 9.17) is 29.0 Å². The molecule has 0 bridgehead atoms. The van der Waals surface area contributed by atoms with Gasteiger partial charge in [-0.15, -0.1) is 0 Å². The Morgan fingerprint density at radius 1 is 0.740 bits per heavy atom. The average Bonchev–Trinajstić information content (AvgIpc) is 3.62. The number of nitrogens with zero attached hydrogens (tertiary/aromatic N) is 2. The molecule has 0 spiro atoms. The first-order chi connectivity index (χ1) is 35.1. The van der Waals surface area contributed by atoms with Crippen LogP contribution in [0.25, 0.3) is 0 Å². The number of hydrogen-bond acceptors (Lipinski definition) is 16. The molecule has 19 nitrogen and oxygen atoms in total. The van der Waals surface area contributed by atoms with Gasteiger partial charge in [0.05, 0.1) is 19.3 Å². The molecule has 0 aliphatic carbocycles. The largest absolute Gasteiger partial charge is 0.481 e. The van der Waals surface area contributed by atoms with Crippen LogP contribution in [-0.2, 0) is 46.3 Å². The minimum Gasteiger partial charge on any atom is -0.462 e. The number of aromatic nitrogens is 2. The van der Waals surface area contributed by atoms with Crippen molar-refractivity contribution in [1.29, 1.82) is 0 Å². The van der Waals surface area contributed by atoms with Crippen molar-refractivity contribution in [2.75, 3.05) is 25.6 Å². The lowest BCUT2D eigenvalue weighted by Gasteiger charge is -2.21. The summed E-state index contributed by atoms with van der Waals surface area (Å²) < 4.78 is 56.5. The Morgan fingerprint density at radius 3 is 1.96 bits per heavy atom. The van der Waals surface area contributed by atoms with Crippen molar-refractivity contribution in [3.63, 3.8) is 0 Å². The molecule has 73 heavy (non-hydrogen) atoms. The van der Waals surface area contributed by atoms with Crippen LogP contribution < -0.4 is 11.4 Å². The number of nitrogens with two attached hydrogens (primary N) is 1. The monoisotopic (exact) mass is 1070 g/mol. The van der Waals surface area contributed by atoms with E-state index in [1.165, 1.54) is 44.6 Å². The summed E-state index contributed by atoms with van der Waals surface area (Å²) in [7, 11) is -11.0. The van der Waals surface area contributed by atoms with E-state index in [0.717, 1.165) is 55.7 Å². The zero-order valence-corrected chi connectivity index (χ0v) is 44.3. The lowest BCUT2D eigenvalue weighted by Crippen LogP contribution is -2.36. The maximum atomic E-state index is 12.9. The maximum absolute atomic E-state index is 12.9. The van der Waals surface area contributed by atoms with Gasteiger partial charge in [-0.3, -0.25) is 23.2 Å². The van der Waals surface area contributed by atoms with Crippen molar-refractivity contribution < 1.29 is 71.4 Å². The van der Waals surface area contributed by atoms with Gasteiger partial charge < -0.3 is 45.1 Å². The van der Waals surface area contributed by atoms with Gasteiger partial charge in [0.2, 0.25) is 0 Å². The van der Waals surface area contributed by atoms with E-state index < -0.39 is 89.8 Å². The van der Waals surface area contributed by atoms with Crippen molar-refractivity contribution in [1.82, 2.24) is 9.55 Å². The van der Waals surface area contributed by atoms with E-state index in [1.54, 1.807) is 12.2 Å². The normalized spacial score (nSPS) is 20.2. The lowest BCUT2D eigenvalue weighted by atomic mass is 10.1. The number of phosphoric acid groups is 2. The maximum Gasteiger partial charge on any atom is 0.481 e. The van der Waals surface area contributed by atoms with Crippen molar-refractivity contribution in [3.8, 4) is 0 Å². The molecule has 1 aromatic rings. The third-order valence-corrected chi connectivity index (χ3v) is 13.4. The molecule has 21 heteroatoms. The van der Waals surface area contributed by atoms with Crippen LogP contribution in [0.5, 0.6) is 0 Å². The van der Waals surface area contributed by atoms with E-state index in [-0.39, 0.29) is 31.5 Å². The molecule has 2 rings (SSSR count). The number of carbonyl (C=O) groups is 2. The number of rotatable bonds is 40. The Balaban J connectivity index is 1.88. The molecule has 1 saturated heterocycles. The predicted molar refractivity (Wildman–Crippen MR) is 281 cm³/mol. The lowest BCUT2D eigenvalue weighted by molar-refractivity contribution is -0.161. The molecule has 7 N–H and O–H groups in total. The fraction of sp³-hybridized carbons (Fsp3) is 0.577. The third-order valence-electron chi connectivity index (χ3n) is 10.8. The number of ether oxygens (including phenoxy) is 3. The molecule has 1 aliphatic heterocycles. The number of carbonyl (C=O) groups excluding carboxylic acids is 2. The van der Waals surface area contributed by atoms with Crippen molar-refractivity contribution in [2.45, 2.75) is 173 Å². The Bertz CT molecular complexity index is 2120. The van der Waals surface area contributed by atoms with Crippen molar-refractivity contribution in [3.05, 3.63) is 120 Å². The summed E-state index contributed by atoms with van der Waals surface area (Å²) in [5.74, 6) is -1.59. The standard InChI is InChI=1S/C52H81N3O16P2/c1-3-5-7-9-11-13-15-17-18-19-20-22-24-26-28-30-32-36-48(58)69-44(40-66-47(57)37-33-35-43(56)34-31-29-27-25-23-21-16-14-12-10-8-6-4-2)41-67-72(62,63)71-73(64,65)68-42-45-49(59)50(60)51(70-45)55-39-38-46(53)54-52(55)61/h6,8,12,14,17-18,20-23,26-29,31,34,38-39,43-45,49-51,56,59-60H,3-5,7,9-11,13,15-16,19,24-25,30,32-33,35-37,40-42H2,1-2H3,(H,62,63)(H,64,65)(H2,53,54,61)/b8-6-,14-12-,18-17-,22-20-,23-21-,28-26-,29-27-,34-31+/t43?,44-,45-,49-,50-,51-/m1/s1. The van der Waals surface area contributed by atoms with Crippen LogP contribution in [0.2, 0.25) is 0 Å². The third kappa shape index (κ3) is 31.9. The van der Waals surface area contributed by atoms with Crippen LogP contribution in [0.1, 0.15) is 142 Å². The highest BCUT2D eigenvalue weighted by Gasteiger charge is 2.46. The number of allylic oxidation sites excluding steroid dienone is 15. The first-order valence-electron chi connectivity index (χ1n) is 25.4. The molecule has 2 heterocycles. The fourth-order valence-electron chi connectivity index (χ4n) is 6.83. The molecule has 1 fully saturated rings. The van der Waals surface area contributed by atoms with Crippen molar-refractivity contribution >= 4 is 33.4 Å². The summed E-state index contributed by atoms with van der Waals surface area (Å²) in [6.07, 6.45) is 39.6. The molecule has 0 amide bonds. The summed E-state index contributed by atoms with van der Waals surface area (Å²) in [6, 6.07) is 1.23. The Labute approximate surface area is 431 Å². The van der Waals surface area contributed by atoms with Gasteiger partial charge in [0.15, 0.2) is 12.3 Å². The molecule has 0 saturated carbocycles. The van der Waals surface area contributed by atoms with E-state index in [2.05, 4.69) is 77.8 Å². The number of anilines is 1. The fourth-order valence-corrected chi connectivity index (χ4v) is 8.94. The van der Waals surface area contributed by atoms with Crippen LogP contribution >= 0.6 is 15.6 Å². The van der Waals surface area contributed by atoms with Gasteiger partial charge in [-0.1, -0.05) is 143 Å². The Hall–Kier alpha value is -4.36. The van der Waals surface area contributed by atoms with Crippen LogP contribution in [0, 0.1) is 0 Å². The summed E-state index contributed by atoms with van der Waals surface area (Å²) in [5.41, 5.74) is 4.57. The van der Waals surface area contributed by atoms with Crippen LogP contribution in [0.3, 0.4) is 0 Å². The molecular weight excluding hydrogens is 985 g/mol. The van der Waals surface area contributed by atoms with Gasteiger partial charge in [0.1, 0.15) is 30.7 Å². The number of phosphoric ester groups is 2. The SMILES string of the molecule is CC/C=C\C/C=C\C/C=C\C/C=C\C=C\C(O)CCCC(=O)OC[C@H](COP(=O)(O)OP(=O)(O)OC[C@H]1O[C@@H](n2ccc(N)nc2=O)[C@H](O)[C@@H]1O)OC(=O)CCC/C=C\C/C=C\C/C=C\CCCCCCCC. The van der Waals surface area contributed by atoms with Crippen LogP contribution in [-0.4, -0.2) is 96.9 Å². The second-order valence-corrected chi connectivity index (χ2v) is 20.2. The predicted octanol–water partition coefficient (Wildman–Crippen LogP) is 9.41. The topological polar surface area (TPSA) is 286 Å². The number of esters is 2. The Morgan fingerprint density at radius 2 is 1.32 bits per heavy atom. The number of nitrogen functional groups attached to an aromatic ring is 1. The Kier molecular flexibility index (Phi) is 34.7. The minimum atomic E-state index is -5.48. The smallest absolute Gasteiger partial charge is 0.462 e. The average molecular weight is 1070 g/mol. The highest BCUT2D eigenvalue weighted by atomic mass is 31.3. The van der Waals surface area contributed by atoms with Crippen molar-refractivity contribution in [2.24, 2.45) is 0 Å². The van der Waals surface area contributed by atoms with E-state index in [1.807, 2.05) is 30.4 Å². The van der Waals surface area contributed by atoms with Crippen LogP contribution in [0.15, 0.2) is 114 Å². The molecule has 410 valence electrons. The number of unbranched alkanes of at least 4 members (excludes halogenated alkanes) is 7. The molecule has 8 atom stereocenters. The highest BCUT2D eigenvalue weighted by molar-refractivity contribution is 7.61. The zero-order chi connectivity index (χ0) is 53.6. The van der Waals surface area contributed by atoms with Gasteiger partial charge in [0.25, 0.3) is 0 Å². The molecular formula is C52H81N3O16P2. The van der Waals surface area contributed by atoms with Gasteiger partial charge in [-0.25, -0.2) is 13.9 Å². The van der Waals surface area contributed by atoms with E-state index in [0.29, 0.717) is 12.8 Å². The molecule has 0 aromatic carbocycles. The second-order valence-electron chi connectivity index (χ2n) is 17.1. The van der Waals surface area contributed by atoms with E-state index in [9.17, 15) is 48.6 Å². The first-order valence-corrected chi connectivity index (χ1v) is 28.3. The quantitative estimate of drug-likeness (QED) is 0.0117. The summed E-state index contributed by atoms with van der Waals surface area (Å²) >= 11 is 0. The molecule has 3 unspecified atom stereocenters. The second kappa shape index (κ2) is 39.1. The molecule has 1 aliphatic rings. The van der Waals surface area contributed by atoms with Crippen LogP contribution in [0.4, 0.5) is 5.82 Å². The number of hydrogen-bond donors (Lipinski definition) is 6. The number of aliphatic hydroxyl groups excluding tert-OH is 3. The first kappa shape index (κ1) is 64.8.